The molecule has 93 heavy (non-hydrogen) atoms. The molecule has 444 valence electrons. The van der Waals surface area contributed by atoms with Gasteiger partial charge in [-0.05, 0) is 217 Å². The van der Waals surface area contributed by atoms with E-state index in [1.54, 1.807) is 14.2 Å². The average molecular weight is 1260 g/mol. The minimum atomic E-state index is -0.175. The number of hydrogen-bond donors (Lipinski definition) is 1. The predicted octanol–water partition coefficient (Wildman–Crippen LogP) is 24.4. The molecule has 0 radical (unpaired) electrons. The number of H-pyrrole nitrogens is 1. The van der Waals surface area contributed by atoms with Crippen LogP contribution in [0.3, 0.4) is 0 Å². The maximum Gasteiger partial charge on any atom is 0.127 e. The number of para-hydroxylation sites is 3. The maximum atomic E-state index is 5.95. The summed E-state index contributed by atoms with van der Waals surface area (Å²) in [5, 5.41) is 25.3. The summed E-state index contributed by atoms with van der Waals surface area (Å²) in [6.45, 7) is 9.55. The topological polar surface area (TPSA) is 39.2 Å². The van der Waals surface area contributed by atoms with E-state index in [1.807, 2.05) is 30.3 Å². The fraction of sp³-hybridized carbons (Fsp3) is 0.0909. The summed E-state index contributed by atoms with van der Waals surface area (Å²) in [6, 6.07) is 97.4. The largest absolute Gasteiger partial charge is 0.496 e. The third kappa shape index (κ3) is 8.09. The second-order valence-corrected chi connectivity index (χ2v) is 27.3. The lowest BCUT2D eigenvalue weighted by atomic mass is 9.80. The number of halogens is 1. The van der Waals surface area contributed by atoms with Crippen molar-refractivity contribution in [3.8, 4) is 39.4 Å². The Morgan fingerprint density at radius 1 is 0.290 bits per heavy atom. The van der Waals surface area contributed by atoms with Gasteiger partial charge in [-0.1, -0.05) is 213 Å². The normalized spacial score (nSPS) is 13.5. The number of ether oxygens (including phenoxy) is 2. The predicted molar refractivity (Wildman–Crippen MR) is 399 cm³/mol. The van der Waals surface area contributed by atoms with Gasteiger partial charge in [-0.15, -0.1) is 0 Å². The summed E-state index contributed by atoms with van der Waals surface area (Å²) < 4.78 is 15.4. The Kier molecular flexibility index (Phi) is 12.2. The molecule has 2 aliphatic carbocycles. The number of aromatic nitrogens is 2. The molecule has 0 amide bonds. The number of hydrogen-bond acceptors (Lipinski definition) is 2. The standard InChI is InChI=1S/C44H31NO.C38H27NO.C6H5Br/c1-44(2)38-23-36-32(27-15-7-8-16-28(27)37-24-42(46-3)30-18-9-10-19-31(30)43(36)37)21-33(38)34-22-35-29-17-11-12-20-40(29)45(41(35)25-39(34)44)26-13-5-4-6-14-26;1-38(2)32-18-30-26(16-27(32)28-17-29-23-12-8-9-15-34(23)39-35(29)20-33(28)38)21-10-4-5-11-22(21)31-19-36(40-3)24-13-6-7-14-25(24)37(30)31;7-6-4-2-1-3-5-6/h4-25H,1-3H3;4-20,39H,1-3H3;1-5H. The highest BCUT2D eigenvalue weighted by molar-refractivity contribution is 9.10. The number of rotatable bonds is 3. The van der Waals surface area contributed by atoms with Crippen LogP contribution in [-0.4, -0.2) is 23.8 Å². The summed E-state index contributed by atoms with van der Waals surface area (Å²) in [6.07, 6.45) is 0. The van der Waals surface area contributed by atoms with Gasteiger partial charge in [0.2, 0.25) is 0 Å². The second-order valence-electron chi connectivity index (χ2n) is 26.3. The van der Waals surface area contributed by atoms with Crippen molar-refractivity contribution in [2.45, 2.75) is 38.5 Å². The van der Waals surface area contributed by atoms with Crippen LogP contribution in [0.15, 0.2) is 271 Å². The summed E-state index contributed by atoms with van der Waals surface area (Å²) in [5.74, 6) is 1.84. The Balaban J connectivity index is 0.000000125. The molecule has 0 bridgehead atoms. The molecular formula is C88H63BrN2O2. The van der Waals surface area contributed by atoms with Crippen LogP contribution >= 0.6 is 15.9 Å². The fourth-order valence-electron chi connectivity index (χ4n) is 16.4. The van der Waals surface area contributed by atoms with Crippen LogP contribution in [0.2, 0.25) is 0 Å². The summed E-state index contributed by atoms with van der Waals surface area (Å²) in [7, 11) is 3.55. The van der Waals surface area contributed by atoms with Gasteiger partial charge in [0.15, 0.2) is 0 Å². The molecule has 5 heteroatoms. The molecule has 2 aliphatic rings. The molecule has 0 spiro atoms. The van der Waals surface area contributed by atoms with Crippen LogP contribution in [0, 0.1) is 0 Å². The van der Waals surface area contributed by atoms with Crippen molar-refractivity contribution in [3.05, 3.63) is 294 Å². The van der Waals surface area contributed by atoms with E-state index in [9.17, 15) is 0 Å². The van der Waals surface area contributed by atoms with E-state index < -0.39 is 0 Å². The van der Waals surface area contributed by atoms with Crippen molar-refractivity contribution in [2.24, 2.45) is 0 Å². The third-order valence-corrected chi connectivity index (χ3v) is 21.3. The van der Waals surface area contributed by atoms with Crippen LogP contribution < -0.4 is 9.47 Å². The van der Waals surface area contributed by atoms with Crippen molar-refractivity contribution >= 4 is 146 Å². The fourth-order valence-corrected chi connectivity index (χ4v) is 16.7. The number of methoxy groups -OCH3 is 2. The molecule has 0 unspecified atom stereocenters. The Morgan fingerprint density at radius 2 is 0.667 bits per heavy atom. The highest BCUT2D eigenvalue weighted by Gasteiger charge is 2.39. The molecule has 0 fully saturated rings. The van der Waals surface area contributed by atoms with E-state index in [-0.39, 0.29) is 10.8 Å². The van der Waals surface area contributed by atoms with Gasteiger partial charge in [-0.25, -0.2) is 0 Å². The quantitative estimate of drug-likeness (QED) is 0.179. The van der Waals surface area contributed by atoms with Crippen LogP contribution in [0.1, 0.15) is 49.9 Å². The first-order valence-electron chi connectivity index (χ1n) is 32.1. The smallest absolute Gasteiger partial charge is 0.127 e. The number of aromatic amines is 1. The molecule has 1 N–H and O–H groups in total. The number of fused-ring (bicyclic) bond motifs is 28. The Labute approximate surface area is 547 Å². The SMILES string of the molecule is Brc1ccccc1.COc1cc2c3ccccc3c3cc4c(cc3c2c2ccccc12)C(C)(C)c1cc2[nH]c3ccccc3c2cc1-4.COc1cc2c3ccccc3c3cc4c(cc3c2c2ccccc12)C(C)(C)c1cc2c(cc1-4)c1ccccc1n2-c1ccccc1. The van der Waals surface area contributed by atoms with Crippen molar-refractivity contribution in [1.29, 1.82) is 0 Å². The molecule has 2 aromatic heterocycles. The van der Waals surface area contributed by atoms with Gasteiger partial charge in [0.1, 0.15) is 11.5 Å². The molecule has 0 saturated heterocycles. The van der Waals surface area contributed by atoms with Crippen molar-refractivity contribution in [3.63, 3.8) is 0 Å². The number of nitrogens with one attached hydrogen (secondary N) is 1. The third-order valence-electron chi connectivity index (χ3n) is 20.8. The number of benzene rings is 16. The van der Waals surface area contributed by atoms with Gasteiger partial charge in [0, 0.05) is 64.3 Å². The van der Waals surface area contributed by atoms with Crippen molar-refractivity contribution in [1.82, 2.24) is 9.55 Å². The van der Waals surface area contributed by atoms with Crippen LogP contribution in [0.25, 0.3) is 158 Å². The maximum absolute atomic E-state index is 5.95. The van der Waals surface area contributed by atoms with Crippen LogP contribution in [0.4, 0.5) is 0 Å². The van der Waals surface area contributed by atoms with E-state index in [0.717, 1.165) is 26.7 Å². The molecule has 18 aromatic rings. The van der Waals surface area contributed by atoms with Crippen molar-refractivity contribution in [2.75, 3.05) is 14.2 Å². The first kappa shape index (κ1) is 55.1. The zero-order valence-electron chi connectivity index (χ0n) is 52.5. The highest BCUT2D eigenvalue weighted by Crippen LogP contribution is 2.56. The molecule has 2 heterocycles. The average Bonchev–Trinajstić information content (AvgIpc) is 1.63. The van der Waals surface area contributed by atoms with Gasteiger partial charge < -0.3 is 19.0 Å². The van der Waals surface area contributed by atoms with E-state index >= 15 is 0 Å². The first-order chi connectivity index (χ1) is 45.5. The monoisotopic (exact) mass is 1260 g/mol. The van der Waals surface area contributed by atoms with Gasteiger partial charge in [-0.3, -0.25) is 0 Å². The summed E-state index contributed by atoms with van der Waals surface area (Å²) in [5.41, 5.74) is 16.7. The van der Waals surface area contributed by atoms with Gasteiger partial charge in [0.05, 0.1) is 25.3 Å². The van der Waals surface area contributed by atoms with Crippen LogP contribution in [-0.2, 0) is 10.8 Å². The molecule has 16 aromatic carbocycles. The summed E-state index contributed by atoms with van der Waals surface area (Å²) >= 11 is 3.31. The Bertz CT molecular complexity index is 6210. The molecule has 0 saturated carbocycles. The highest BCUT2D eigenvalue weighted by atomic mass is 79.9. The minimum Gasteiger partial charge on any atom is -0.496 e. The molecular weight excluding hydrogens is 1200 g/mol. The van der Waals surface area contributed by atoms with E-state index in [2.05, 4.69) is 290 Å². The zero-order chi connectivity index (χ0) is 62.6. The van der Waals surface area contributed by atoms with Gasteiger partial charge >= 0.3 is 0 Å². The molecule has 0 aliphatic heterocycles. The first-order valence-corrected chi connectivity index (χ1v) is 32.9. The van der Waals surface area contributed by atoms with Gasteiger partial charge in [-0.2, -0.15) is 0 Å². The molecule has 20 rings (SSSR count). The molecule has 4 nitrogen and oxygen atoms in total. The van der Waals surface area contributed by atoms with Crippen molar-refractivity contribution < 1.29 is 9.47 Å². The minimum absolute atomic E-state index is 0.120. The molecule has 0 atom stereocenters. The van der Waals surface area contributed by atoms with E-state index in [0.29, 0.717) is 0 Å². The van der Waals surface area contributed by atoms with E-state index in [1.165, 1.54) is 169 Å². The Hall–Kier alpha value is -10.7. The van der Waals surface area contributed by atoms with Gasteiger partial charge in [0.25, 0.3) is 0 Å². The Morgan fingerprint density at radius 3 is 1.16 bits per heavy atom. The van der Waals surface area contributed by atoms with Crippen LogP contribution in [0.5, 0.6) is 11.5 Å². The second kappa shape index (κ2) is 20.6. The lowest BCUT2D eigenvalue weighted by molar-refractivity contribution is 0.420. The lowest BCUT2D eigenvalue weighted by Crippen LogP contribution is -2.15. The summed E-state index contributed by atoms with van der Waals surface area (Å²) in [4.78, 5) is 3.67. The van der Waals surface area contributed by atoms with E-state index in [4.69, 9.17) is 9.47 Å². The number of nitrogens with zero attached hydrogens (tertiary/aromatic N) is 1. The zero-order valence-corrected chi connectivity index (χ0v) is 54.1. The lowest BCUT2D eigenvalue weighted by Gasteiger charge is -2.23.